The summed E-state index contributed by atoms with van der Waals surface area (Å²) in [5.41, 5.74) is 8.93. The summed E-state index contributed by atoms with van der Waals surface area (Å²) in [6, 6.07) is -8.42. The molecule has 2 aromatic rings. The number of likely N-dealkylation sites (N-methyl/N-ethyl adjacent to an activating group) is 1. The number of hydrogen-bond donors (Lipinski definition) is 19. The fraction of sp³-hybridized carbons (Fsp3) is 0.527. The quantitative estimate of drug-likeness (QED) is 0.0621. The van der Waals surface area contributed by atoms with Crippen molar-refractivity contribution in [3.63, 3.8) is 0 Å². The minimum Gasteiger partial charge on any atom is -0.508 e. The summed E-state index contributed by atoms with van der Waals surface area (Å²) < 4.78 is 0. The predicted octanol–water partition coefficient (Wildman–Crippen LogP) is -5.09. The molecular formula is C55H76N14O20S6. The van der Waals surface area contributed by atoms with Crippen LogP contribution in [-0.4, -0.2) is 252 Å². The molecule has 0 spiro atoms. The van der Waals surface area contributed by atoms with Crippen LogP contribution in [0.4, 0.5) is 0 Å². The number of fused-ring (bicyclic) bond motifs is 9. The Kier molecular flexibility index (Phi) is 32.1. The maximum atomic E-state index is 14.8. The van der Waals surface area contributed by atoms with E-state index in [4.69, 9.17) is 5.73 Å². The second-order valence-electron chi connectivity index (χ2n) is 21.6. The van der Waals surface area contributed by atoms with E-state index in [1.807, 2.05) is 5.48 Å². The van der Waals surface area contributed by atoms with Gasteiger partial charge < -0.3 is 99.9 Å². The number of nitrogens with zero attached hydrogens (tertiary/aromatic N) is 1. The van der Waals surface area contributed by atoms with Crippen molar-refractivity contribution in [2.45, 2.75) is 125 Å². The number of amides is 12. The van der Waals surface area contributed by atoms with Gasteiger partial charge in [-0.15, -0.1) is 0 Å². The lowest BCUT2D eigenvalue weighted by molar-refractivity contribution is -0.146. The third kappa shape index (κ3) is 25.3. The molecule has 0 unspecified atom stereocenters. The van der Waals surface area contributed by atoms with Crippen LogP contribution in [0.25, 0.3) is 0 Å². The van der Waals surface area contributed by atoms with Gasteiger partial charge in [-0.2, -0.15) is 5.48 Å². The first-order valence-corrected chi connectivity index (χ1v) is 36.6. The number of rotatable bonds is 14. The number of aromatic hydroxyl groups is 2. The lowest BCUT2D eigenvalue weighted by Gasteiger charge is -2.30. The van der Waals surface area contributed by atoms with Crippen LogP contribution in [0.3, 0.4) is 0 Å². The third-order valence-electron chi connectivity index (χ3n) is 14.3. The molecule has 2 bridgehead atoms. The number of benzene rings is 2. The number of aliphatic hydroxyl groups excluding tert-OH is 1. The fourth-order valence-electron chi connectivity index (χ4n) is 9.10. The Bertz CT molecular complexity index is 3090. The second kappa shape index (κ2) is 38.9. The molecule has 0 radical (unpaired) electrons. The zero-order chi connectivity index (χ0) is 70.1. The van der Waals surface area contributed by atoms with E-state index in [0.29, 0.717) is 11.1 Å². The molecule has 3 aliphatic heterocycles. The van der Waals surface area contributed by atoms with Crippen molar-refractivity contribution in [2.24, 2.45) is 5.73 Å². The van der Waals surface area contributed by atoms with Crippen LogP contribution >= 0.6 is 64.8 Å². The van der Waals surface area contributed by atoms with Gasteiger partial charge in [-0.05, 0) is 68.5 Å². The largest absolute Gasteiger partial charge is 0.508 e. The topological polar surface area (TPSA) is 534 Å². The van der Waals surface area contributed by atoms with E-state index in [9.17, 15) is 97.9 Å². The number of phenolic OH excluding ortho intramolecular Hbond substituents is 2. The van der Waals surface area contributed by atoms with E-state index < -0.39 is 192 Å². The molecule has 34 nitrogen and oxygen atoms in total. The zero-order valence-corrected chi connectivity index (χ0v) is 56.1. The molecule has 0 aromatic heterocycles. The van der Waals surface area contributed by atoms with Gasteiger partial charge in [0, 0.05) is 54.5 Å². The number of nitrogens with one attached hydrogen (secondary N) is 12. The monoisotopic (exact) mass is 1440 g/mol. The second-order valence-corrected chi connectivity index (χ2v) is 29.3. The normalized spacial score (nSPS) is 26.0. The first-order chi connectivity index (χ1) is 45.1. The number of carboxylic acids is 2. The average molecular weight is 1450 g/mol. The number of carbonyl (C=O) groups excluding carboxylic acids is 12. The summed E-state index contributed by atoms with van der Waals surface area (Å²) in [4.78, 5) is 195. The Morgan fingerprint density at radius 2 is 1.17 bits per heavy atom. The van der Waals surface area contributed by atoms with Crippen LogP contribution < -0.4 is 69.7 Å². The van der Waals surface area contributed by atoms with Crippen LogP contribution in [0.2, 0.25) is 0 Å². The molecule has 13 atom stereocenters. The van der Waals surface area contributed by atoms with Gasteiger partial charge in [0.25, 0.3) is 0 Å². The smallest absolute Gasteiger partial charge is 0.326 e. The van der Waals surface area contributed by atoms with Gasteiger partial charge in [0.15, 0.2) is 0 Å². The van der Waals surface area contributed by atoms with Crippen molar-refractivity contribution in [3.05, 3.63) is 59.7 Å². The molecule has 3 saturated heterocycles. The van der Waals surface area contributed by atoms with Crippen molar-refractivity contribution in [1.82, 2.24) is 68.9 Å². The van der Waals surface area contributed by atoms with Crippen LogP contribution in [-0.2, 0) is 80.0 Å². The molecule has 0 aliphatic carbocycles. The lowest BCUT2D eigenvalue weighted by atomic mass is 10.1. The van der Waals surface area contributed by atoms with E-state index in [0.717, 1.165) is 76.6 Å². The maximum absolute atomic E-state index is 14.8. The molecule has 3 heterocycles. The van der Waals surface area contributed by atoms with Crippen molar-refractivity contribution >= 4 is 148 Å². The minimum atomic E-state index is -1.94. The number of hydroxylamine groups is 1. The minimum absolute atomic E-state index is 0.0157. The van der Waals surface area contributed by atoms with Crippen LogP contribution in [0.15, 0.2) is 48.5 Å². The standard InChI is InChI=1S/C55H76N14O20S6/c1-25-44(76)63-39-24-95-92-20-35(46(78)57-3)64-45(77)31(56)19-90-91-22-37(49(81)61-33(17-42(74)75)54(86)69-14-4-5-40(69)52(84)59-25)66-50(82)38(65-47(79)32(68-89)15-27-6-10-29(71)11-7-27)23-94-93-21-36(60-41(73)18-58-53(85)43(26(2)70)67-51(39)83)48(80)62-34(55(87)88)16-28-8-12-30(72)13-9-28/h6-13,25-26,31-40,43,68,70-72,89H,4-5,14-24,56H2,1-3H3,(H,57,78)(H,58,85)(H,59,84)(H,60,73)(H,61,81)(H,62,80)(H,63,76)(H,64,77)(H,65,79)(H,66,82)(H,67,83)(H,74,75)(H,87,88)/t25-,26+,31-,32-,33-,34-,35-,36-,37-,38-,39-,40-,43-/m0/s1. The van der Waals surface area contributed by atoms with Gasteiger partial charge in [0.2, 0.25) is 70.9 Å². The molecule has 3 fully saturated rings. The van der Waals surface area contributed by atoms with Crippen molar-refractivity contribution in [1.29, 1.82) is 0 Å². The molecule has 2 aromatic carbocycles. The number of aliphatic carboxylic acids is 2. The molecule has 20 N–H and O–H groups in total. The maximum Gasteiger partial charge on any atom is 0.326 e. The third-order valence-corrected chi connectivity index (χ3v) is 21.6. The first kappa shape index (κ1) is 78.3. The lowest BCUT2D eigenvalue weighted by Crippen LogP contribution is -2.61. The number of phenols is 2. The van der Waals surface area contributed by atoms with E-state index in [2.05, 4.69) is 58.5 Å². The van der Waals surface area contributed by atoms with E-state index in [1.54, 1.807) is 0 Å². The Hall–Kier alpha value is -7.44. The molecule has 12 amide bonds. The number of carboxylic acid groups (broad SMARTS) is 2. The molecule has 95 heavy (non-hydrogen) atoms. The van der Waals surface area contributed by atoms with Gasteiger partial charge in [-0.1, -0.05) is 89.0 Å². The summed E-state index contributed by atoms with van der Waals surface area (Å²) >= 11 is 0. The number of nitrogens with two attached hydrogens (primary N) is 1. The average Bonchev–Trinajstić information content (AvgIpc) is 1.79. The van der Waals surface area contributed by atoms with Crippen LogP contribution in [0.5, 0.6) is 11.5 Å². The summed E-state index contributed by atoms with van der Waals surface area (Å²) in [6.07, 6.45) is -3.21. The summed E-state index contributed by atoms with van der Waals surface area (Å²) in [6.45, 7) is 1.22. The van der Waals surface area contributed by atoms with Crippen LogP contribution in [0.1, 0.15) is 44.2 Å². The Labute approximate surface area is 567 Å². The molecular weight excluding hydrogens is 1370 g/mol. The highest BCUT2D eigenvalue weighted by Gasteiger charge is 2.41. The number of carbonyl (C=O) groups is 14. The number of aliphatic hydroxyl groups is 1. The molecule has 522 valence electrons. The SMILES string of the molecule is CNC(=O)[C@@H]1CSSC[C@@H]2NC(=O)[C@H](C)NC(=O)[C@@H]3CCCN3C(=O)[C@H](CC(=O)O)NC(=O)[C@H](CSSC[C@H](N)C(=O)N1)NC(=O)[C@@H](NC(=O)[C@H](Cc1ccc(O)cc1)NO)CSSC[C@@H](C(=O)N[C@@H](Cc1ccc(O)cc1)C(=O)O)NC(=O)CNC(=O)[C@H]([C@@H](C)O)NC2=O. The van der Waals surface area contributed by atoms with Crippen LogP contribution in [0, 0.1) is 0 Å². The molecule has 0 saturated carbocycles. The Morgan fingerprint density at radius 1 is 0.632 bits per heavy atom. The molecule has 5 rings (SSSR count). The van der Waals surface area contributed by atoms with Crippen molar-refractivity contribution in [3.8, 4) is 11.5 Å². The van der Waals surface area contributed by atoms with Crippen molar-refractivity contribution < 1.29 is 97.9 Å². The van der Waals surface area contributed by atoms with Gasteiger partial charge in [0.1, 0.15) is 78.0 Å². The van der Waals surface area contributed by atoms with Gasteiger partial charge in [-0.3, -0.25) is 62.3 Å². The highest BCUT2D eigenvalue weighted by Crippen LogP contribution is 2.28. The predicted molar refractivity (Wildman–Crippen MR) is 351 cm³/mol. The van der Waals surface area contributed by atoms with Gasteiger partial charge >= 0.3 is 11.9 Å². The van der Waals surface area contributed by atoms with Crippen molar-refractivity contribution in [2.75, 3.05) is 54.7 Å². The van der Waals surface area contributed by atoms with Gasteiger partial charge in [-0.25, -0.2) is 4.79 Å². The summed E-state index contributed by atoms with van der Waals surface area (Å²) in [7, 11) is 6.43. The van der Waals surface area contributed by atoms with E-state index >= 15 is 0 Å². The number of hydrogen-bond acceptors (Lipinski definition) is 26. The first-order valence-electron chi connectivity index (χ1n) is 29.2. The molecule has 3 aliphatic rings. The van der Waals surface area contributed by atoms with E-state index in [-0.39, 0.29) is 61.0 Å². The highest BCUT2D eigenvalue weighted by molar-refractivity contribution is 8.77. The van der Waals surface area contributed by atoms with Gasteiger partial charge in [0.05, 0.1) is 25.1 Å². The zero-order valence-electron chi connectivity index (χ0n) is 51.2. The fourth-order valence-corrected chi connectivity index (χ4v) is 16.0. The highest BCUT2D eigenvalue weighted by atomic mass is 33.1. The molecule has 40 heteroatoms. The van der Waals surface area contributed by atoms with E-state index in [1.165, 1.54) is 62.5 Å². The summed E-state index contributed by atoms with van der Waals surface area (Å²) in [5, 5.41) is 87.8. The summed E-state index contributed by atoms with van der Waals surface area (Å²) in [5.74, 6) is -17.9. The Morgan fingerprint density at radius 3 is 1.73 bits per heavy atom. The Balaban J connectivity index is 1.63.